The van der Waals surface area contributed by atoms with Crippen molar-refractivity contribution in [2.24, 2.45) is 11.7 Å². The first-order valence-electron chi connectivity index (χ1n) is 9.60. The molecule has 0 bridgehead atoms. The van der Waals surface area contributed by atoms with E-state index in [1.54, 1.807) is 7.11 Å². The smallest absolute Gasteiger partial charge is 0.111 e. The van der Waals surface area contributed by atoms with Gasteiger partial charge in [-0.2, -0.15) is 0 Å². The minimum atomic E-state index is -0.151. The second-order valence-corrected chi connectivity index (χ2v) is 6.86. The molecule has 24 heavy (non-hydrogen) atoms. The van der Waals surface area contributed by atoms with Crippen molar-refractivity contribution in [3.8, 4) is 0 Å². The molecule has 2 fully saturated rings. The van der Waals surface area contributed by atoms with Crippen LogP contribution >= 0.6 is 0 Å². The van der Waals surface area contributed by atoms with E-state index in [0.29, 0.717) is 5.92 Å². The highest BCUT2D eigenvalue weighted by atomic mass is 16.5. The lowest BCUT2D eigenvalue weighted by molar-refractivity contribution is 0.147. The van der Waals surface area contributed by atoms with Crippen LogP contribution in [-0.2, 0) is 4.74 Å². The number of ether oxygens (including phenoxy) is 1. The van der Waals surface area contributed by atoms with Gasteiger partial charge in [0.25, 0.3) is 0 Å². The van der Waals surface area contributed by atoms with Gasteiger partial charge in [-0.25, -0.2) is 0 Å². The first-order valence-corrected chi connectivity index (χ1v) is 9.60. The molecule has 1 unspecified atom stereocenters. The summed E-state index contributed by atoms with van der Waals surface area (Å²) in [6.07, 6.45) is 12.7. The van der Waals surface area contributed by atoms with Gasteiger partial charge in [-0.3, -0.25) is 4.90 Å². The normalized spacial score (nSPS) is 31.5. The highest BCUT2D eigenvalue weighted by Gasteiger charge is 2.38. The number of nitrogens with zero attached hydrogens (tertiary/aromatic N) is 1. The van der Waals surface area contributed by atoms with E-state index in [-0.39, 0.29) is 5.66 Å². The maximum Gasteiger partial charge on any atom is 0.111 e. The minimum absolute atomic E-state index is 0.151. The van der Waals surface area contributed by atoms with Crippen LogP contribution in [0.5, 0.6) is 0 Å². The Bertz CT molecular complexity index is 466. The Labute approximate surface area is 149 Å². The Morgan fingerprint density at radius 3 is 2.62 bits per heavy atom. The van der Waals surface area contributed by atoms with E-state index in [1.807, 2.05) is 13.8 Å². The van der Waals surface area contributed by atoms with Gasteiger partial charge in [0.2, 0.25) is 0 Å². The number of nitrogens with two attached hydrogens (primary N) is 1. The zero-order valence-electron chi connectivity index (χ0n) is 16.5. The number of rotatable bonds is 4. The van der Waals surface area contributed by atoms with Crippen LogP contribution in [0.15, 0.2) is 35.6 Å². The molecule has 0 aromatic carbocycles. The lowest BCUT2D eigenvalue weighted by atomic mass is 9.82. The molecule has 1 saturated heterocycles. The first kappa shape index (κ1) is 21.0. The van der Waals surface area contributed by atoms with Crippen LogP contribution in [0.4, 0.5) is 0 Å². The molecule has 2 atom stereocenters. The Balaban J connectivity index is 0.00000139. The zero-order valence-corrected chi connectivity index (χ0v) is 16.5. The molecule has 1 aliphatic heterocycles. The molecule has 3 heteroatoms. The molecule has 138 valence electrons. The fourth-order valence-electron chi connectivity index (χ4n) is 3.95. The van der Waals surface area contributed by atoms with Gasteiger partial charge in [0.1, 0.15) is 5.76 Å². The zero-order chi connectivity index (χ0) is 18.2. The summed E-state index contributed by atoms with van der Waals surface area (Å²) >= 11 is 0. The Kier molecular flexibility index (Phi) is 8.79. The van der Waals surface area contributed by atoms with Crippen LogP contribution in [0.2, 0.25) is 0 Å². The van der Waals surface area contributed by atoms with E-state index < -0.39 is 0 Å². The lowest BCUT2D eigenvalue weighted by Gasteiger charge is -2.36. The van der Waals surface area contributed by atoms with E-state index in [0.717, 1.165) is 31.6 Å². The Morgan fingerprint density at radius 1 is 1.38 bits per heavy atom. The van der Waals surface area contributed by atoms with Gasteiger partial charge in [0, 0.05) is 0 Å². The fraction of sp³-hybridized carbons (Fsp3) is 0.714. The van der Waals surface area contributed by atoms with E-state index in [4.69, 9.17) is 10.5 Å². The molecule has 0 spiro atoms. The predicted octanol–water partition coefficient (Wildman–Crippen LogP) is 5.01. The van der Waals surface area contributed by atoms with Gasteiger partial charge in [-0.15, -0.1) is 0 Å². The molecular weight excluding hydrogens is 296 g/mol. The summed E-state index contributed by atoms with van der Waals surface area (Å²) in [4.78, 5) is 2.34. The Morgan fingerprint density at radius 2 is 2.08 bits per heavy atom. The Hall–Kier alpha value is -1.06. The number of hydrogen-bond acceptors (Lipinski definition) is 3. The molecule has 2 N–H and O–H groups in total. The highest BCUT2D eigenvalue weighted by molar-refractivity contribution is 5.37. The minimum Gasteiger partial charge on any atom is -0.497 e. The number of allylic oxidation sites excluding steroid dienone is 4. The van der Waals surface area contributed by atoms with Crippen LogP contribution in [0, 0.1) is 5.92 Å². The summed E-state index contributed by atoms with van der Waals surface area (Å²) in [5.74, 6) is 1.25. The molecule has 1 aliphatic carbocycles. The quantitative estimate of drug-likeness (QED) is 0.580. The van der Waals surface area contributed by atoms with E-state index in [2.05, 4.69) is 37.6 Å². The van der Waals surface area contributed by atoms with Gasteiger partial charge in [-0.05, 0) is 82.2 Å². The van der Waals surface area contributed by atoms with Crippen molar-refractivity contribution in [1.29, 1.82) is 0 Å². The predicted molar refractivity (Wildman–Crippen MR) is 105 cm³/mol. The van der Waals surface area contributed by atoms with Crippen LogP contribution in [0.1, 0.15) is 65.7 Å². The maximum atomic E-state index is 6.72. The second-order valence-electron chi connectivity index (χ2n) is 6.86. The molecule has 3 nitrogen and oxygen atoms in total. The lowest BCUT2D eigenvalue weighted by Crippen LogP contribution is -2.51. The number of likely N-dealkylation sites (tertiary alicyclic amines) is 1. The molecule has 0 amide bonds. The summed E-state index contributed by atoms with van der Waals surface area (Å²) in [5, 5.41) is 0. The first-order chi connectivity index (χ1) is 11.5. The number of hydrogen-bond donors (Lipinski definition) is 1. The van der Waals surface area contributed by atoms with Gasteiger partial charge in [0.15, 0.2) is 0 Å². The average molecular weight is 335 g/mol. The summed E-state index contributed by atoms with van der Waals surface area (Å²) < 4.78 is 5.31. The molecule has 0 aromatic rings. The van der Waals surface area contributed by atoms with Crippen molar-refractivity contribution < 1.29 is 4.74 Å². The third-order valence-corrected chi connectivity index (χ3v) is 5.45. The van der Waals surface area contributed by atoms with Crippen LogP contribution in [0.3, 0.4) is 0 Å². The van der Waals surface area contributed by atoms with Crippen molar-refractivity contribution >= 4 is 0 Å². The van der Waals surface area contributed by atoms with E-state index >= 15 is 0 Å². The summed E-state index contributed by atoms with van der Waals surface area (Å²) in [6.45, 7) is 11.3. The fourth-order valence-corrected chi connectivity index (χ4v) is 3.95. The summed E-state index contributed by atoms with van der Waals surface area (Å²) in [5.41, 5.74) is 9.42. The monoisotopic (exact) mass is 334 g/mol. The van der Waals surface area contributed by atoms with Gasteiger partial charge < -0.3 is 10.5 Å². The average Bonchev–Trinajstić information content (AvgIpc) is 2.81. The van der Waals surface area contributed by atoms with Crippen LogP contribution in [-0.4, -0.2) is 31.3 Å². The van der Waals surface area contributed by atoms with Gasteiger partial charge >= 0.3 is 0 Å². The number of methoxy groups -OCH3 is 1. The van der Waals surface area contributed by atoms with Crippen molar-refractivity contribution in [1.82, 2.24) is 4.90 Å². The topological polar surface area (TPSA) is 38.5 Å². The SMILES string of the molecule is C=C(/C=C1\C(=C/C)CCCCC1C[C@]1(N)CCCN1C)OC.CC. The maximum absolute atomic E-state index is 6.72. The summed E-state index contributed by atoms with van der Waals surface area (Å²) in [6, 6.07) is 0. The second kappa shape index (κ2) is 10.0. The largest absolute Gasteiger partial charge is 0.497 e. The molecule has 0 radical (unpaired) electrons. The van der Waals surface area contributed by atoms with E-state index in [1.165, 1.54) is 36.8 Å². The molecule has 2 aliphatic rings. The third-order valence-electron chi connectivity index (χ3n) is 5.45. The van der Waals surface area contributed by atoms with Crippen molar-refractivity contribution in [2.75, 3.05) is 20.7 Å². The van der Waals surface area contributed by atoms with Crippen LogP contribution < -0.4 is 5.73 Å². The molecule has 1 heterocycles. The molecular formula is C21H38N2O. The van der Waals surface area contributed by atoms with Crippen molar-refractivity contribution in [2.45, 2.75) is 71.4 Å². The van der Waals surface area contributed by atoms with Crippen molar-refractivity contribution in [3.63, 3.8) is 0 Å². The standard InChI is InChI=1S/C19H32N2O.C2H6/c1-5-16-9-6-7-10-17(18(16)13-15(2)22-4)14-19(20)11-8-12-21(19)3;1-2/h5,13,17H,2,6-12,14,20H2,1,3-4H3;1-2H3/b16-5-,18-13+;/t17?,19-;/m0./s1. The van der Waals surface area contributed by atoms with Crippen LogP contribution in [0.25, 0.3) is 0 Å². The molecule has 2 rings (SSSR count). The molecule has 1 saturated carbocycles. The van der Waals surface area contributed by atoms with E-state index in [9.17, 15) is 0 Å². The van der Waals surface area contributed by atoms with Gasteiger partial charge in [-0.1, -0.05) is 32.9 Å². The molecule has 0 aromatic heterocycles. The van der Waals surface area contributed by atoms with Crippen molar-refractivity contribution in [3.05, 3.63) is 35.6 Å². The third kappa shape index (κ3) is 5.22. The summed E-state index contributed by atoms with van der Waals surface area (Å²) in [7, 11) is 3.85. The highest BCUT2D eigenvalue weighted by Crippen LogP contribution is 2.40. The van der Waals surface area contributed by atoms with Gasteiger partial charge in [0.05, 0.1) is 12.8 Å².